The summed E-state index contributed by atoms with van der Waals surface area (Å²) < 4.78 is 37.9. The second-order valence-corrected chi connectivity index (χ2v) is 2.30. The van der Waals surface area contributed by atoms with Gasteiger partial charge in [0.15, 0.2) is 11.6 Å². The van der Waals surface area contributed by atoms with Gasteiger partial charge in [-0.3, -0.25) is 0 Å². The molecule has 12 heavy (non-hydrogen) atoms. The molecule has 1 aromatic rings. The largest absolute Gasteiger partial charge is 0.396 e. The van der Waals surface area contributed by atoms with Crippen molar-refractivity contribution in [2.75, 3.05) is 6.61 Å². The third-order valence-electron chi connectivity index (χ3n) is 1.50. The Morgan fingerprint density at radius 3 is 2.25 bits per heavy atom. The highest BCUT2D eigenvalue weighted by Gasteiger charge is 2.12. The summed E-state index contributed by atoms with van der Waals surface area (Å²) >= 11 is 0. The van der Waals surface area contributed by atoms with E-state index in [9.17, 15) is 13.2 Å². The van der Waals surface area contributed by atoms with Gasteiger partial charge < -0.3 is 5.11 Å². The molecule has 0 spiro atoms. The minimum absolute atomic E-state index is 0.213. The maximum absolute atomic E-state index is 12.7. The number of hydrogen-bond acceptors (Lipinski definition) is 1. The second-order valence-electron chi connectivity index (χ2n) is 2.30. The van der Waals surface area contributed by atoms with Crippen LogP contribution in [-0.2, 0) is 6.42 Å². The molecule has 0 aromatic heterocycles. The third-order valence-corrected chi connectivity index (χ3v) is 1.50. The molecule has 0 aliphatic rings. The molecule has 0 aliphatic heterocycles. The maximum atomic E-state index is 12.7. The van der Waals surface area contributed by atoms with Crippen LogP contribution in [0.3, 0.4) is 0 Å². The lowest BCUT2D eigenvalue weighted by Crippen LogP contribution is -2.01. The lowest BCUT2D eigenvalue weighted by Gasteiger charge is -2.02. The predicted octanol–water partition coefficient (Wildman–Crippen LogP) is 1.64. The standard InChI is InChI=1S/C8H7F3O/c9-6-1-2-7(10)8(11)5(6)3-4-12/h1-2,12H,3-4H2. The topological polar surface area (TPSA) is 20.2 Å². The maximum Gasteiger partial charge on any atom is 0.165 e. The Kier molecular flexibility index (Phi) is 2.70. The first-order valence-electron chi connectivity index (χ1n) is 3.40. The molecule has 1 rings (SSSR count). The van der Waals surface area contributed by atoms with E-state index in [-0.39, 0.29) is 6.42 Å². The fourth-order valence-electron chi connectivity index (χ4n) is 0.910. The molecule has 0 fully saturated rings. The zero-order valence-electron chi connectivity index (χ0n) is 6.15. The van der Waals surface area contributed by atoms with Crippen LogP contribution in [0, 0.1) is 17.5 Å². The first kappa shape index (κ1) is 9.06. The van der Waals surface area contributed by atoms with Crippen LogP contribution in [0.25, 0.3) is 0 Å². The highest BCUT2D eigenvalue weighted by atomic mass is 19.2. The lowest BCUT2D eigenvalue weighted by molar-refractivity contribution is 0.294. The van der Waals surface area contributed by atoms with Gasteiger partial charge >= 0.3 is 0 Å². The first-order chi connectivity index (χ1) is 5.66. The van der Waals surface area contributed by atoms with E-state index in [0.29, 0.717) is 6.07 Å². The highest BCUT2D eigenvalue weighted by Crippen LogP contribution is 2.15. The highest BCUT2D eigenvalue weighted by molar-refractivity contribution is 5.21. The van der Waals surface area contributed by atoms with Crippen LogP contribution >= 0.6 is 0 Å². The lowest BCUT2D eigenvalue weighted by atomic mass is 10.1. The Hall–Kier alpha value is -1.03. The van der Waals surface area contributed by atoms with Gasteiger partial charge in [0, 0.05) is 18.6 Å². The number of halogens is 3. The molecule has 0 heterocycles. The van der Waals surface area contributed by atoms with Gasteiger partial charge in [-0.2, -0.15) is 0 Å². The van der Waals surface area contributed by atoms with Crippen molar-refractivity contribution < 1.29 is 18.3 Å². The smallest absolute Gasteiger partial charge is 0.165 e. The van der Waals surface area contributed by atoms with Crippen molar-refractivity contribution in [3.05, 3.63) is 35.1 Å². The molecule has 0 radical (unpaired) electrons. The van der Waals surface area contributed by atoms with Crippen molar-refractivity contribution in [2.24, 2.45) is 0 Å². The molecule has 4 heteroatoms. The normalized spacial score (nSPS) is 10.3. The molecule has 0 bridgehead atoms. The zero-order valence-corrected chi connectivity index (χ0v) is 6.15. The van der Waals surface area contributed by atoms with Crippen molar-refractivity contribution in [3.63, 3.8) is 0 Å². The van der Waals surface area contributed by atoms with Crippen LogP contribution in [0.1, 0.15) is 5.56 Å². The molecular formula is C8H7F3O. The Morgan fingerprint density at radius 1 is 1.08 bits per heavy atom. The summed E-state index contributed by atoms with van der Waals surface area (Å²) in [5.41, 5.74) is -0.405. The van der Waals surface area contributed by atoms with Crippen molar-refractivity contribution in [1.82, 2.24) is 0 Å². The molecule has 0 aliphatic carbocycles. The zero-order chi connectivity index (χ0) is 9.14. The van der Waals surface area contributed by atoms with Gasteiger partial charge in [-0.05, 0) is 12.1 Å². The van der Waals surface area contributed by atoms with Crippen LogP contribution < -0.4 is 0 Å². The third kappa shape index (κ3) is 1.58. The van der Waals surface area contributed by atoms with Gasteiger partial charge in [-0.15, -0.1) is 0 Å². The SMILES string of the molecule is OCCc1c(F)ccc(F)c1F. The van der Waals surface area contributed by atoms with E-state index in [1.807, 2.05) is 0 Å². The number of rotatable bonds is 2. The molecular weight excluding hydrogens is 169 g/mol. The van der Waals surface area contributed by atoms with E-state index >= 15 is 0 Å². The van der Waals surface area contributed by atoms with Gasteiger partial charge in [-0.1, -0.05) is 0 Å². The van der Waals surface area contributed by atoms with E-state index in [0.717, 1.165) is 6.07 Å². The average Bonchev–Trinajstić information content (AvgIpc) is 2.06. The predicted molar refractivity (Wildman–Crippen MR) is 37.1 cm³/mol. The molecule has 0 unspecified atom stereocenters. The monoisotopic (exact) mass is 176 g/mol. The van der Waals surface area contributed by atoms with Gasteiger partial charge in [0.1, 0.15) is 5.82 Å². The minimum Gasteiger partial charge on any atom is -0.396 e. The van der Waals surface area contributed by atoms with Gasteiger partial charge in [0.2, 0.25) is 0 Å². The Morgan fingerprint density at radius 2 is 1.67 bits per heavy atom. The number of hydrogen-bond donors (Lipinski definition) is 1. The molecule has 1 nitrogen and oxygen atoms in total. The quantitative estimate of drug-likeness (QED) is 0.679. The second kappa shape index (κ2) is 3.58. The molecule has 66 valence electrons. The molecule has 1 N–H and O–H groups in total. The van der Waals surface area contributed by atoms with E-state index in [1.54, 1.807) is 0 Å². The van der Waals surface area contributed by atoms with E-state index in [2.05, 4.69) is 0 Å². The van der Waals surface area contributed by atoms with Crippen LogP contribution in [-0.4, -0.2) is 11.7 Å². The molecule has 0 amide bonds. The van der Waals surface area contributed by atoms with Gasteiger partial charge in [0.05, 0.1) is 0 Å². The summed E-state index contributed by atoms with van der Waals surface area (Å²) in [5.74, 6) is -3.15. The van der Waals surface area contributed by atoms with Crippen LogP contribution in [0.15, 0.2) is 12.1 Å². The average molecular weight is 176 g/mol. The summed E-state index contributed by atoms with van der Waals surface area (Å²) in [6.45, 7) is -0.405. The van der Waals surface area contributed by atoms with Gasteiger partial charge in [0.25, 0.3) is 0 Å². The number of aliphatic hydroxyl groups is 1. The van der Waals surface area contributed by atoms with E-state index in [4.69, 9.17) is 5.11 Å². The van der Waals surface area contributed by atoms with Crippen molar-refractivity contribution >= 4 is 0 Å². The molecule has 1 aromatic carbocycles. The van der Waals surface area contributed by atoms with E-state index in [1.165, 1.54) is 0 Å². The van der Waals surface area contributed by atoms with Gasteiger partial charge in [-0.25, -0.2) is 13.2 Å². The van der Waals surface area contributed by atoms with Crippen LogP contribution in [0.2, 0.25) is 0 Å². The summed E-state index contributed by atoms with van der Waals surface area (Å²) in [6, 6.07) is 1.55. The Bertz CT molecular complexity index is 286. The fourth-order valence-corrected chi connectivity index (χ4v) is 0.910. The Balaban J connectivity index is 3.14. The summed E-state index contributed by atoms with van der Waals surface area (Å²) in [4.78, 5) is 0. The molecule has 0 saturated heterocycles. The molecule has 0 atom stereocenters. The van der Waals surface area contributed by atoms with Crippen molar-refractivity contribution in [1.29, 1.82) is 0 Å². The van der Waals surface area contributed by atoms with Crippen LogP contribution in [0.5, 0.6) is 0 Å². The van der Waals surface area contributed by atoms with Crippen LogP contribution in [0.4, 0.5) is 13.2 Å². The summed E-state index contributed by atoms with van der Waals surface area (Å²) in [7, 11) is 0. The summed E-state index contributed by atoms with van der Waals surface area (Å²) in [6.07, 6.45) is -0.213. The summed E-state index contributed by atoms with van der Waals surface area (Å²) in [5, 5.41) is 8.40. The number of aliphatic hydroxyl groups excluding tert-OH is 1. The minimum atomic E-state index is -1.22. The number of benzene rings is 1. The van der Waals surface area contributed by atoms with E-state index < -0.39 is 29.6 Å². The fraction of sp³-hybridized carbons (Fsp3) is 0.250. The Labute approximate surface area is 67.5 Å². The molecule has 0 saturated carbocycles. The first-order valence-corrected chi connectivity index (χ1v) is 3.40. The van der Waals surface area contributed by atoms with Crippen molar-refractivity contribution in [3.8, 4) is 0 Å². The van der Waals surface area contributed by atoms with Crippen molar-refractivity contribution in [2.45, 2.75) is 6.42 Å².